The number of rotatable bonds is 11. The van der Waals surface area contributed by atoms with Crippen molar-refractivity contribution in [3.8, 4) is 11.5 Å². The molecular formula is C23H29IN2O4. The summed E-state index contributed by atoms with van der Waals surface area (Å²) in [7, 11) is 1.60. The van der Waals surface area contributed by atoms with Crippen LogP contribution in [0, 0.1) is 3.57 Å². The predicted molar refractivity (Wildman–Crippen MR) is 126 cm³/mol. The van der Waals surface area contributed by atoms with Crippen LogP contribution in [0.15, 0.2) is 48.5 Å². The molecule has 2 rings (SSSR count). The van der Waals surface area contributed by atoms with Crippen LogP contribution >= 0.6 is 22.6 Å². The van der Waals surface area contributed by atoms with E-state index < -0.39 is 6.04 Å². The van der Waals surface area contributed by atoms with E-state index >= 15 is 0 Å². The molecule has 7 heteroatoms. The van der Waals surface area contributed by atoms with E-state index in [9.17, 15) is 9.59 Å². The fourth-order valence-corrected chi connectivity index (χ4v) is 3.37. The smallest absolute Gasteiger partial charge is 0.261 e. The van der Waals surface area contributed by atoms with Crippen LogP contribution in [0.4, 0.5) is 0 Å². The van der Waals surface area contributed by atoms with Crippen LogP contribution in [-0.4, -0.2) is 43.0 Å². The maximum atomic E-state index is 13.1. The Morgan fingerprint density at radius 2 is 1.83 bits per heavy atom. The molecule has 0 saturated heterocycles. The molecule has 0 heterocycles. The van der Waals surface area contributed by atoms with Gasteiger partial charge in [0.25, 0.3) is 5.91 Å². The minimum absolute atomic E-state index is 0.137. The molecule has 0 unspecified atom stereocenters. The number of nitrogens with one attached hydrogen (secondary N) is 1. The average Bonchev–Trinajstić information content (AvgIpc) is 2.77. The van der Waals surface area contributed by atoms with Gasteiger partial charge in [0.05, 0.1) is 7.11 Å². The summed E-state index contributed by atoms with van der Waals surface area (Å²) in [4.78, 5) is 27.4. The molecule has 0 aliphatic heterocycles. The third-order valence-electron chi connectivity index (χ3n) is 4.60. The minimum Gasteiger partial charge on any atom is -0.497 e. The number of nitrogens with zero attached hydrogens (tertiary/aromatic N) is 1. The summed E-state index contributed by atoms with van der Waals surface area (Å²) >= 11 is 2.21. The zero-order valence-corrected chi connectivity index (χ0v) is 19.8. The fraction of sp³-hybridized carbons (Fsp3) is 0.391. The summed E-state index contributed by atoms with van der Waals surface area (Å²) in [6.07, 6.45) is 1.34. The van der Waals surface area contributed by atoms with Crippen molar-refractivity contribution in [3.05, 3.63) is 57.7 Å². The third kappa shape index (κ3) is 7.19. The van der Waals surface area contributed by atoms with E-state index in [1.165, 1.54) is 0 Å². The van der Waals surface area contributed by atoms with Gasteiger partial charge in [-0.15, -0.1) is 0 Å². The summed E-state index contributed by atoms with van der Waals surface area (Å²) in [5, 5.41) is 2.91. The first-order chi connectivity index (χ1) is 14.5. The van der Waals surface area contributed by atoms with Crippen molar-refractivity contribution in [2.45, 2.75) is 39.3 Å². The standard InChI is InChI=1S/C23H29IN2O4/c1-4-13-25-23(28)21(5-2)26(15-17-7-6-8-20(14-17)29-3)22(27)16-30-19-11-9-18(24)10-12-19/h6-12,14,21H,4-5,13,15-16H2,1-3H3,(H,25,28)/t21-/m1/s1. The molecular weight excluding hydrogens is 495 g/mol. The van der Waals surface area contributed by atoms with Gasteiger partial charge in [0, 0.05) is 16.7 Å². The molecule has 162 valence electrons. The number of hydrogen-bond donors (Lipinski definition) is 1. The normalized spacial score (nSPS) is 11.5. The third-order valence-corrected chi connectivity index (χ3v) is 5.32. The maximum Gasteiger partial charge on any atom is 0.261 e. The Morgan fingerprint density at radius 3 is 2.47 bits per heavy atom. The highest BCUT2D eigenvalue weighted by molar-refractivity contribution is 14.1. The lowest BCUT2D eigenvalue weighted by atomic mass is 10.1. The second kappa shape index (κ2) is 12.4. The van der Waals surface area contributed by atoms with E-state index in [0.717, 1.165) is 15.6 Å². The molecule has 2 aromatic rings. The van der Waals surface area contributed by atoms with Gasteiger partial charge < -0.3 is 19.7 Å². The van der Waals surface area contributed by atoms with Crippen LogP contribution in [0.3, 0.4) is 0 Å². The summed E-state index contributed by atoms with van der Waals surface area (Å²) in [5.74, 6) is 0.937. The van der Waals surface area contributed by atoms with Gasteiger partial charge in [0.2, 0.25) is 5.91 Å². The molecule has 0 fully saturated rings. The summed E-state index contributed by atoms with van der Waals surface area (Å²) in [6.45, 7) is 4.64. The maximum absolute atomic E-state index is 13.1. The van der Waals surface area contributed by atoms with Gasteiger partial charge in [0.1, 0.15) is 17.5 Å². The Kier molecular flexibility index (Phi) is 9.93. The Morgan fingerprint density at radius 1 is 1.10 bits per heavy atom. The quantitative estimate of drug-likeness (QED) is 0.452. The lowest BCUT2D eigenvalue weighted by Crippen LogP contribution is -2.50. The summed E-state index contributed by atoms with van der Waals surface area (Å²) < 4.78 is 12.1. The van der Waals surface area contributed by atoms with Gasteiger partial charge in [-0.3, -0.25) is 9.59 Å². The van der Waals surface area contributed by atoms with E-state index in [-0.39, 0.29) is 18.4 Å². The molecule has 30 heavy (non-hydrogen) atoms. The molecule has 1 atom stereocenters. The van der Waals surface area contributed by atoms with Gasteiger partial charge in [-0.2, -0.15) is 0 Å². The van der Waals surface area contributed by atoms with Crippen LogP contribution in [-0.2, 0) is 16.1 Å². The second-order valence-corrected chi connectivity index (χ2v) is 8.08. The van der Waals surface area contributed by atoms with Crippen molar-refractivity contribution in [1.82, 2.24) is 10.2 Å². The van der Waals surface area contributed by atoms with Crippen LogP contribution in [0.25, 0.3) is 0 Å². The second-order valence-electron chi connectivity index (χ2n) is 6.83. The highest BCUT2D eigenvalue weighted by Gasteiger charge is 2.28. The molecule has 0 aliphatic rings. The van der Waals surface area contributed by atoms with Crippen molar-refractivity contribution in [3.63, 3.8) is 0 Å². The molecule has 2 amide bonds. The van der Waals surface area contributed by atoms with Crippen molar-refractivity contribution < 1.29 is 19.1 Å². The van der Waals surface area contributed by atoms with Gasteiger partial charge in [-0.05, 0) is 77.4 Å². The lowest BCUT2D eigenvalue weighted by molar-refractivity contribution is -0.143. The van der Waals surface area contributed by atoms with Crippen LogP contribution in [0.1, 0.15) is 32.3 Å². The van der Waals surface area contributed by atoms with E-state index in [2.05, 4.69) is 27.9 Å². The zero-order valence-electron chi connectivity index (χ0n) is 17.7. The Hall–Kier alpha value is -2.29. The molecule has 0 bridgehead atoms. The first-order valence-corrected chi connectivity index (χ1v) is 11.1. The molecule has 1 N–H and O–H groups in total. The van der Waals surface area contributed by atoms with Crippen LogP contribution in [0.2, 0.25) is 0 Å². The lowest BCUT2D eigenvalue weighted by Gasteiger charge is -2.30. The zero-order chi connectivity index (χ0) is 21.9. The minimum atomic E-state index is -0.574. The number of carbonyl (C=O) groups excluding carboxylic acids is 2. The first kappa shape index (κ1) is 24.0. The average molecular weight is 524 g/mol. The Bertz CT molecular complexity index is 826. The van der Waals surface area contributed by atoms with E-state index in [1.807, 2.05) is 62.4 Å². The van der Waals surface area contributed by atoms with E-state index in [1.54, 1.807) is 12.0 Å². The van der Waals surface area contributed by atoms with Crippen molar-refractivity contribution in [2.75, 3.05) is 20.3 Å². The van der Waals surface area contributed by atoms with Gasteiger partial charge in [0.15, 0.2) is 6.61 Å². The number of halogens is 1. The van der Waals surface area contributed by atoms with E-state index in [0.29, 0.717) is 31.0 Å². The molecule has 0 saturated carbocycles. The van der Waals surface area contributed by atoms with Crippen LogP contribution < -0.4 is 14.8 Å². The summed E-state index contributed by atoms with van der Waals surface area (Å²) in [6, 6.07) is 14.4. The van der Waals surface area contributed by atoms with Gasteiger partial charge in [-0.25, -0.2) is 0 Å². The van der Waals surface area contributed by atoms with Crippen molar-refractivity contribution in [1.29, 1.82) is 0 Å². The van der Waals surface area contributed by atoms with Crippen molar-refractivity contribution in [2.24, 2.45) is 0 Å². The monoisotopic (exact) mass is 524 g/mol. The van der Waals surface area contributed by atoms with Crippen molar-refractivity contribution >= 4 is 34.4 Å². The van der Waals surface area contributed by atoms with Gasteiger partial charge in [-0.1, -0.05) is 26.0 Å². The highest BCUT2D eigenvalue weighted by atomic mass is 127. The SMILES string of the molecule is CCCNC(=O)[C@@H](CC)N(Cc1cccc(OC)c1)C(=O)COc1ccc(I)cc1. The number of amides is 2. The molecule has 6 nitrogen and oxygen atoms in total. The molecule has 0 spiro atoms. The number of ether oxygens (including phenoxy) is 2. The number of methoxy groups -OCH3 is 1. The largest absolute Gasteiger partial charge is 0.497 e. The van der Waals surface area contributed by atoms with Crippen LogP contribution in [0.5, 0.6) is 11.5 Å². The first-order valence-electron chi connectivity index (χ1n) is 10.1. The fourth-order valence-electron chi connectivity index (χ4n) is 3.01. The number of benzene rings is 2. The molecule has 0 aliphatic carbocycles. The number of hydrogen-bond acceptors (Lipinski definition) is 4. The van der Waals surface area contributed by atoms with E-state index in [4.69, 9.17) is 9.47 Å². The molecule has 0 radical (unpaired) electrons. The Labute approximate surface area is 192 Å². The van der Waals surface area contributed by atoms with Gasteiger partial charge >= 0.3 is 0 Å². The topological polar surface area (TPSA) is 67.9 Å². The number of carbonyl (C=O) groups is 2. The molecule has 2 aromatic carbocycles. The highest BCUT2D eigenvalue weighted by Crippen LogP contribution is 2.18. The summed E-state index contributed by atoms with van der Waals surface area (Å²) in [5.41, 5.74) is 0.888. The Balaban J connectivity index is 2.20. The predicted octanol–water partition coefficient (Wildman–Crippen LogP) is 4.01. The molecule has 0 aromatic heterocycles.